The van der Waals surface area contributed by atoms with Crippen molar-refractivity contribution in [3.8, 4) is 0 Å². The normalized spacial score (nSPS) is 22.2. The number of nitrogens with one attached hydrogen (secondary N) is 1. The molecule has 5 heteroatoms. The molecule has 102 valence electrons. The lowest BCUT2D eigenvalue weighted by molar-refractivity contribution is -0.130. The molecular formula is C13H23N3O2. The largest absolute Gasteiger partial charge is 0.354 e. The molecule has 0 atom stereocenters. The zero-order valence-corrected chi connectivity index (χ0v) is 10.9. The first-order valence-corrected chi connectivity index (χ1v) is 6.97. The molecule has 1 saturated heterocycles. The number of carbonyl (C=O) groups is 2. The molecule has 2 rings (SSSR count). The summed E-state index contributed by atoms with van der Waals surface area (Å²) in [6, 6.07) is 0. The first-order valence-electron chi connectivity index (χ1n) is 6.97. The van der Waals surface area contributed by atoms with Crippen molar-refractivity contribution in [1.29, 1.82) is 0 Å². The molecule has 1 heterocycles. The van der Waals surface area contributed by atoms with Gasteiger partial charge in [0.25, 0.3) is 0 Å². The van der Waals surface area contributed by atoms with E-state index in [4.69, 9.17) is 5.73 Å². The quantitative estimate of drug-likeness (QED) is 0.761. The molecule has 1 aliphatic carbocycles. The zero-order chi connectivity index (χ0) is 13.0. The van der Waals surface area contributed by atoms with E-state index >= 15 is 0 Å². The molecular weight excluding hydrogens is 230 g/mol. The Morgan fingerprint density at radius 2 is 1.72 bits per heavy atom. The number of rotatable bonds is 4. The fourth-order valence-corrected chi connectivity index (χ4v) is 2.82. The van der Waals surface area contributed by atoms with E-state index in [1.54, 1.807) is 0 Å². The molecule has 0 unspecified atom stereocenters. The number of likely N-dealkylation sites (tertiary alicyclic amines) is 1. The van der Waals surface area contributed by atoms with Gasteiger partial charge in [-0.2, -0.15) is 0 Å². The molecule has 0 aromatic carbocycles. The smallest absolute Gasteiger partial charge is 0.240 e. The highest BCUT2D eigenvalue weighted by Gasteiger charge is 2.36. The number of nitrogens with two attached hydrogens (primary N) is 1. The van der Waals surface area contributed by atoms with Gasteiger partial charge in [0.2, 0.25) is 11.8 Å². The standard InChI is InChI=1S/C13H23N3O2/c14-13(6-1-2-7-13)12(18)15-8-5-11(17)16-9-3-4-10-16/h1-10,14H2,(H,15,18). The van der Waals surface area contributed by atoms with Crippen molar-refractivity contribution in [3.05, 3.63) is 0 Å². The summed E-state index contributed by atoms with van der Waals surface area (Å²) in [6.07, 6.45) is 6.17. The minimum absolute atomic E-state index is 0.0887. The van der Waals surface area contributed by atoms with E-state index in [9.17, 15) is 9.59 Å². The second-order valence-corrected chi connectivity index (χ2v) is 5.46. The lowest BCUT2D eigenvalue weighted by atomic mass is 9.98. The Morgan fingerprint density at radius 3 is 2.33 bits per heavy atom. The number of hydrogen-bond donors (Lipinski definition) is 2. The van der Waals surface area contributed by atoms with E-state index in [2.05, 4.69) is 5.32 Å². The molecule has 0 bridgehead atoms. The van der Waals surface area contributed by atoms with Gasteiger partial charge >= 0.3 is 0 Å². The Kier molecular flexibility index (Phi) is 4.22. The third-order valence-electron chi connectivity index (χ3n) is 4.03. The van der Waals surface area contributed by atoms with Crippen LogP contribution in [0.3, 0.4) is 0 Å². The summed E-state index contributed by atoms with van der Waals surface area (Å²) < 4.78 is 0. The van der Waals surface area contributed by atoms with Crippen LogP contribution in [0.25, 0.3) is 0 Å². The van der Waals surface area contributed by atoms with Gasteiger partial charge in [-0.25, -0.2) is 0 Å². The molecule has 0 spiro atoms. The highest BCUT2D eigenvalue weighted by molar-refractivity contribution is 5.87. The number of nitrogens with zero attached hydrogens (tertiary/aromatic N) is 1. The van der Waals surface area contributed by atoms with Crippen LogP contribution >= 0.6 is 0 Å². The lowest BCUT2D eigenvalue weighted by Gasteiger charge is -2.22. The average Bonchev–Trinajstić information content (AvgIpc) is 3.00. The first-order chi connectivity index (χ1) is 8.62. The summed E-state index contributed by atoms with van der Waals surface area (Å²) in [4.78, 5) is 25.6. The van der Waals surface area contributed by atoms with Crippen molar-refractivity contribution in [2.24, 2.45) is 5.73 Å². The summed E-state index contributed by atoms with van der Waals surface area (Å²) in [6.45, 7) is 2.15. The van der Waals surface area contributed by atoms with E-state index < -0.39 is 5.54 Å². The summed E-state index contributed by atoms with van der Waals surface area (Å²) in [7, 11) is 0. The van der Waals surface area contributed by atoms with E-state index in [0.29, 0.717) is 13.0 Å². The Hall–Kier alpha value is -1.10. The highest BCUT2D eigenvalue weighted by atomic mass is 16.2. The monoisotopic (exact) mass is 253 g/mol. The molecule has 2 amide bonds. The van der Waals surface area contributed by atoms with Crippen molar-refractivity contribution in [2.75, 3.05) is 19.6 Å². The van der Waals surface area contributed by atoms with Gasteiger partial charge in [0.05, 0.1) is 5.54 Å². The highest BCUT2D eigenvalue weighted by Crippen LogP contribution is 2.27. The van der Waals surface area contributed by atoms with Crippen molar-refractivity contribution < 1.29 is 9.59 Å². The lowest BCUT2D eigenvalue weighted by Crippen LogP contribution is -2.52. The maximum Gasteiger partial charge on any atom is 0.240 e. The van der Waals surface area contributed by atoms with Crippen molar-refractivity contribution in [1.82, 2.24) is 10.2 Å². The van der Waals surface area contributed by atoms with E-state index in [1.807, 2.05) is 4.90 Å². The van der Waals surface area contributed by atoms with Gasteiger partial charge in [-0.05, 0) is 25.7 Å². The van der Waals surface area contributed by atoms with Gasteiger partial charge in [-0.3, -0.25) is 9.59 Å². The predicted octanol–water partition coefficient (Wildman–Crippen LogP) is 0.387. The molecule has 2 aliphatic rings. The third kappa shape index (κ3) is 3.02. The Morgan fingerprint density at radius 1 is 1.11 bits per heavy atom. The van der Waals surface area contributed by atoms with Crippen LogP contribution in [0.1, 0.15) is 44.9 Å². The van der Waals surface area contributed by atoms with Gasteiger partial charge in [0.15, 0.2) is 0 Å². The summed E-state index contributed by atoms with van der Waals surface area (Å²) in [5.74, 6) is 0.0551. The predicted molar refractivity (Wildman–Crippen MR) is 68.8 cm³/mol. The summed E-state index contributed by atoms with van der Waals surface area (Å²) in [5, 5.41) is 2.81. The van der Waals surface area contributed by atoms with Crippen LogP contribution in [0.2, 0.25) is 0 Å². The minimum Gasteiger partial charge on any atom is -0.354 e. The Balaban J connectivity index is 1.68. The van der Waals surface area contributed by atoms with Crippen LogP contribution in [0.5, 0.6) is 0 Å². The topological polar surface area (TPSA) is 75.4 Å². The van der Waals surface area contributed by atoms with Gasteiger partial charge in [-0.1, -0.05) is 12.8 Å². The van der Waals surface area contributed by atoms with Gasteiger partial charge < -0.3 is 16.0 Å². The maximum atomic E-state index is 11.9. The van der Waals surface area contributed by atoms with Crippen LogP contribution in [0.4, 0.5) is 0 Å². The van der Waals surface area contributed by atoms with Crippen molar-refractivity contribution >= 4 is 11.8 Å². The van der Waals surface area contributed by atoms with Gasteiger partial charge in [0, 0.05) is 26.1 Å². The van der Waals surface area contributed by atoms with E-state index in [1.165, 1.54) is 0 Å². The van der Waals surface area contributed by atoms with Crippen LogP contribution in [-0.4, -0.2) is 41.9 Å². The van der Waals surface area contributed by atoms with Crippen LogP contribution in [-0.2, 0) is 9.59 Å². The Bertz CT molecular complexity index is 318. The summed E-state index contributed by atoms with van der Waals surface area (Å²) >= 11 is 0. The molecule has 5 nitrogen and oxygen atoms in total. The number of hydrogen-bond acceptors (Lipinski definition) is 3. The molecule has 2 fully saturated rings. The maximum absolute atomic E-state index is 11.9. The second-order valence-electron chi connectivity index (χ2n) is 5.46. The average molecular weight is 253 g/mol. The van der Waals surface area contributed by atoms with Gasteiger partial charge in [0.1, 0.15) is 0 Å². The number of amides is 2. The van der Waals surface area contributed by atoms with Crippen LogP contribution in [0.15, 0.2) is 0 Å². The SMILES string of the molecule is NC1(C(=O)NCCC(=O)N2CCCC2)CCCC1. The third-order valence-corrected chi connectivity index (χ3v) is 4.03. The minimum atomic E-state index is -0.684. The first kappa shape index (κ1) is 13.3. The zero-order valence-electron chi connectivity index (χ0n) is 10.9. The molecule has 1 saturated carbocycles. The molecule has 1 aliphatic heterocycles. The van der Waals surface area contributed by atoms with Crippen molar-refractivity contribution in [3.63, 3.8) is 0 Å². The van der Waals surface area contributed by atoms with E-state index in [-0.39, 0.29) is 11.8 Å². The molecule has 18 heavy (non-hydrogen) atoms. The van der Waals surface area contributed by atoms with Gasteiger partial charge in [-0.15, -0.1) is 0 Å². The van der Waals surface area contributed by atoms with Crippen molar-refractivity contribution in [2.45, 2.75) is 50.5 Å². The second kappa shape index (κ2) is 5.69. The molecule has 0 aromatic heterocycles. The fraction of sp³-hybridized carbons (Fsp3) is 0.846. The van der Waals surface area contributed by atoms with E-state index in [0.717, 1.165) is 51.6 Å². The molecule has 3 N–H and O–H groups in total. The molecule has 0 aromatic rings. The summed E-state index contributed by atoms with van der Waals surface area (Å²) in [5.41, 5.74) is 5.35. The Labute approximate surface area is 108 Å². The van der Waals surface area contributed by atoms with Crippen LogP contribution in [0, 0.1) is 0 Å². The van der Waals surface area contributed by atoms with Crippen LogP contribution < -0.4 is 11.1 Å². The fourth-order valence-electron chi connectivity index (χ4n) is 2.82. The number of carbonyl (C=O) groups excluding carboxylic acids is 2. The molecule has 0 radical (unpaired) electrons.